The van der Waals surface area contributed by atoms with Gasteiger partial charge in [0.25, 0.3) is 0 Å². The van der Waals surface area contributed by atoms with Gasteiger partial charge in [0.05, 0.1) is 20.1 Å². The average Bonchev–Trinajstić information content (AvgIpc) is 2.40. The highest BCUT2D eigenvalue weighted by Crippen LogP contribution is 2.11. The maximum absolute atomic E-state index is 11.4. The molecular weight excluding hydrogens is 242 g/mol. The van der Waals surface area contributed by atoms with Gasteiger partial charge in [0, 0.05) is 12.6 Å². The summed E-state index contributed by atoms with van der Waals surface area (Å²) in [6, 6.07) is 7.83. The molecule has 0 aliphatic carbocycles. The molecule has 0 aliphatic heterocycles. The fraction of sp³-hybridized carbons (Fsp3) is 0.533. The Balaban J connectivity index is 2.69. The Hall–Kier alpha value is -1.39. The van der Waals surface area contributed by atoms with Gasteiger partial charge in [-0.05, 0) is 17.0 Å². The fourth-order valence-electron chi connectivity index (χ4n) is 1.88. The molecule has 1 aromatic carbocycles. The Kier molecular flexibility index (Phi) is 6.53. The van der Waals surface area contributed by atoms with Crippen LogP contribution in [0.4, 0.5) is 0 Å². The summed E-state index contributed by atoms with van der Waals surface area (Å²) in [5.74, 6) is 0.118. The van der Waals surface area contributed by atoms with Crippen molar-refractivity contribution in [1.82, 2.24) is 5.32 Å². The first kappa shape index (κ1) is 15.7. The second-order valence-corrected chi connectivity index (χ2v) is 4.94. The lowest BCUT2D eigenvalue weighted by Crippen LogP contribution is -2.36. The van der Waals surface area contributed by atoms with Crippen molar-refractivity contribution in [2.75, 3.05) is 13.7 Å². The van der Waals surface area contributed by atoms with Gasteiger partial charge < -0.3 is 15.2 Å². The first-order chi connectivity index (χ1) is 9.08. The summed E-state index contributed by atoms with van der Waals surface area (Å²) in [6.07, 6.45) is 0.278. The number of hydrogen-bond acceptors (Lipinski definition) is 4. The minimum atomic E-state index is -0.241. The number of esters is 1. The predicted molar refractivity (Wildman–Crippen MR) is 74.7 cm³/mol. The van der Waals surface area contributed by atoms with Crippen molar-refractivity contribution in [3.05, 3.63) is 35.4 Å². The van der Waals surface area contributed by atoms with Crippen molar-refractivity contribution in [1.29, 1.82) is 0 Å². The molecule has 0 unspecified atom stereocenters. The number of nitrogens with one attached hydrogen (secondary N) is 1. The maximum atomic E-state index is 11.4. The molecule has 0 saturated heterocycles. The van der Waals surface area contributed by atoms with Crippen molar-refractivity contribution in [2.24, 2.45) is 5.92 Å². The van der Waals surface area contributed by atoms with Crippen molar-refractivity contribution >= 4 is 5.97 Å². The smallest absolute Gasteiger partial charge is 0.309 e. The summed E-state index contributed by atoms with van der Waals surface area (Å²) in [5.41, 5.74) is 2.02. The van der Waals surface area contributed by atoms with Gasteiger partial charge in [-0.25, -0.2) is 0 Å². The number of benzene rings is 1. The Morgan fingerprint density at radius 3 is 2.47 bits per heavy atom. The SMILES string of the molecule is COC(=O)Cc1ccccc1CN[C@H](CO)C(C)C. The molecule has 0 amide bonds. The zero-order valence-electron chi connectivity index (χ0n) is 11.8. The third-order valence-electron chi connectivity index (χ3n) is 3.24. The topological polar surface area (TPSA) is 58.6 Å². The number of carbonyl (C=O) groups excluding carboxylic acids is 1. The number of aliphatic hydroxyl groups excluding tert-OH is 1. The number of ether oxygens (including phenoxy) is 1. The minimum absolute atomic E-state index is 0.0613. The zero-order chi connectivity index (χ0) is 14.3. The van der Waals surface area contributed by atoms with Crippen LogP contribution >= 0.6 is 0 Å². The molecule has 1 atom stereocenters. The monoisotopic (exact) mass is 265 g/mol. The van der Waals surface area contributed by atoms with E-state index in [-0.39, 0.29) is 25.0 Å². The molecule has 1 rings (SSSR count). The van der Waals surface area contributed by atoms with E-state index in [2.05, 4.69) is 19.2 Å². The van der Waals surface area contributed by atoms with Gasteiger partial charge in [-0.3, -0.25) is 4.79 Å². The normalized spacial score (nSPS) is 12.5. The van der Waals surface area contributed by atoms with Crippen molar-refractivity contribution in [3.8, 4) is 0 Å². The summed E-state index contributed by atoms with van der Waals surface area (Å²) >= 11 is 0. The van der Waals surface area contributed by atoms with Crippen LogP contribution in [-0.2, 0) is 22.5 Å². The van der Waals surface area contributed by atoms with Crippen molar-refractivity contribution < 1.29 is 14.6 Å². The molecule has 4 nitrogen and oxygen atoms in total. The first-order valence-electron chi connectivity index (χ1n) is 6.56. The van der Waals surface area contributed by atoms with E-state index in [0.717, 1.165) is 11.1 Å². The van der Waals surface area contributed by atoms with Crippen LogP contribution in [0.3, 0.4) is 0 Å². The molecule has 0 bridgehead atoms. The van der Waals surface area contributed by atoms with Crippen molar-refractivity contribution in [3.63, 3.8) is 0 Å². The Labute approximate surface area is 114 Å². The van der Waals surface area contributed by atoms with Gasteiger partial charge in [-0.2, -0.15) is 0 Å². The Morgan fingerprint density at radius 1 is 1.32 bits per heavy atom. The number of aliphatic hydroxyl groups is 1. The molecule has 2 N–H and O–H groups in total. The maximum Gasteiger partial charge on any atom is 0.309 e. The van der Waals surface area contributed by atoms with Crippen molar-refractivity contribution in [2.45, 2.75) is 32.9 Å². The largest absolute Gasteiger partial charge is 0.469 e. The van der Waals surface area contributed by atoms with E-state index in [1.165, 1.54) is 7.11 Å². The standard InChI is InChI=1S/C15H23NO3/c1-11(2)14(10-17)16-9-13-7-5-4-6-12(13)8-15(18)19-3/h4-7,11,14,16-17H,8-10H2,1-3H3/t14-/m1/s1. The highest BCUT2D eigenvalue weighted by atomic mass is 16.5. The molecule has 0 aliphatic rings. The van der Waals surface area contributed by atoms with E-state index in [4.69, 9.17) is 4.74 Å². The second kappa shape index (κ2) is 7.92. The number of rotatable bonds is 7. The van der Waals surface area contributed by atoms with Crippen LogP contribution in [-0.4, -0.2) is 30.8 Å². The molecule has 106 valence electrons. The lowest BCUT2D eigenvalue weighted by Gasteiger charge is -2.20. The molecule has 0 heterocycles. The van der Waals surface area contributed by atoms with Gasteiger partial charge in [-0.15, -0.1) is 0 Å². The molecular formula is C15H23NO3. The van der Waals surface area contributed by atoms with Crippen LogP contribution in [0.15, 0.2) is 24.3 Å². The van der Waals surface area contributed by atoms with E-state index >= 15 is 0 Å². The number of carbonyl (C=O) groups is 1. The van der Waals surface area contributed by atoms with Crippen LogP contribution in [0.25, 0.3) is 0 Å². The summed E-state index contributed by atoms with van der Waals surface area (Å²) in [7, 11) is 1.39. The Morgan fingerprint density at radius 2 is 1.95 bits per heavy atom. The van der Waals surface area contributed by atoms with Gasteiger partial charge in [0.2, 0.25) is 0 Å². The van der Waals surface area contributed by atoms with Gasteiger partial charge in [-0.1, -0.05) is 38.1 Å². The average molecular weight is 265 g/mol. The third-order valence-corrected chi connectivity index (χ3v) is 3.24. The minimum Gasteiger partial charge on any atom is -0.469 e. The van der Waals surface area contributed by atoms with E-state index in [1.54, 1.807) is 0 Å². The molecule has 0 fully saturated rings. The second-order valence-electron chi connectivity index (χ2n) is 4.94. The van der Waals surface area contributed by atoms with E-state index in [1.807, 2.05) is 24.3 Å². The van der Waals surface area contributed by atoms with Crippen LogP contribution in [0.2, 0.25) is 0 Å². The molecule has 0 spiro atoms. The van der Waals surface area contributed by atoms with E-state index in [0.29, 0.717) is 12.5 Å². The van der Waals surface area contributed by atoms with E-state index < -0.39 is 0 Å². The molecule has 19 heavy (non-hydrogen) atoms. The first-order valence-corrected chi connectivity index (χ1v) is 6.56. The molecule has 0 radical (unpaired) electrons. The summed E-state index contributed by atoms with van der Waals surface area (Å²) in [4.78, 5) is 11.4. The lowest BCUT2D eigenvalue weighted by atomic mass is 10.0. The lowest BCUT2D eigenvalue weighted by molar-refractivity contribution is -0.139. The highest BCUT2D eigenvalue weighted by Gasteiger charge is 2.13. The van der Waals surface area contributed by atoms with Crippen LogP contribution in [0.5, 0.6) is 0 Å². The zero-order valence-corrected chi connectivity index (χ0v) is 11.8. The predicted octanol–water partition coefficient (Wildman–Crippen LogP) is 1.51. The third kappa shape index (κ3) is 5.01. The summed E-state index contributed by atoms with van der Waals surface area (Å²) < 4.78 is 4.69. The summed E-state index contributed by atoms with van der Waals surface area (Å²) in [5, 5.41) is 12.6. The molecule has 0 aromatic heterocycles. The number of methoxy groups -OCH3 is 1. The van der Waals surface area contributed by atoms with Crippen LogP contribution < -0.4 is 5.32 Å². The number of hydrogen-bond donors (Lipinski definition) is 2. The quantitative estimate of drug-likeness (QED) is 0.734. The summed E-state index contributed by atoms with van der Waals surface area (Å²) in [6.45, 7) is 4.87. The fourth-order valence-corrected chi connectivity index (χ4v) is 1.88. The molecule has 4 heteroatoms. The van der Waals surface area contributed by atoms with Gasteiger partial charge in [0.15, 0.2) is 0 Å². The molecule has 0 saturated carbocycles. The van der Waals surface area contributed by atoms with E-state index in [9.17, 15) is 9.90 Å². The van der Waals surface area contributed by atoms with Gasteiger partial charge in [0.1, 0.15) is 0 Å². The Bertz CT molecular complexity index is 404. The van der Waals surface area contributed by atoms with Gasteiger partial charge >= 0.3 is 5.97 Å². The van der Waals surface area contributed by atoms with Crippen LogP contribution in [0, 0.1) is 5.92 Å². The highest BCUT2D eigenvalue weighted by molar-refractivity contribution is 5.72. The molecule has 1 aromatic rings. The van der Waals surface area contributed by atoms with Crippen LogP contribution in [0.1, 0.15) is 25.0 Å².